The van der Waals surface area contributed by atoms with E-state index in [1.807, 2.05) is 20.8 Å². The molecular weight excluding hydrogens is 644 g/mol. The zero-order chi connectivity index (χ0) is 35.8. The third-order valence-electron chi connectivity index (χ3n) is 9.72. The van der Waals surface area contributed by atoms with Crippen LogP contribution in [0, 0.1) is 11.3 Å². The van der Waals surface area contributed by atoms with Crippen LogP contribution in [0.1, 0.15) is 53.9 Å². The number of aliphatic carboxylic acids is 1. The second kappa shape index (κ2) is 15.7. The van der Waals surface area contributed by atoms with Gasteiger partial charge in [-0.15, -0.1) is 0 Å². The van der Waals surface area contributed by atoms with E-state index >= 15 is 0 Å². The lowest BCUT2D eigenvalue weighted by Gasteiger charge is -2.46. The van der Waals surface area contributed by atoms with Crippen LogP contribution in [0.5, 0.6) is 0 Å². The van der Waals surface area contributed by atoms with Crippen molar-refractivity contribution in [1.29, 1.82) is 0 Å². The van der Waals surface area contributed by atoms with E-state index in [1.165, 1.54) is 6.92 Å². The number of allylic oxidation sites excluding steroid dienone is 2. The normalized spacial score (nSPS) is 45.8. The van der Waals surface area contributed by atoms with Crippen molar-refractivity contribution < 1.29 is 84.0 Å². The summed E-state index contributed by atoms with van der Waals surface area (Å²) in [6, 6.07) is 0. The fourth-order valence-electron chi connectivity index (χ4n) is 6.87. The molecule has 17 heteroatoms. The van der Waals surface area contributed by atoms with E-state index in [2.05, 4.69) is 0 Å². The highest BCUT2D eigenvalue weighted by Gasteiger charge is 2.53. The fraction of sp³-hybridized carbons (Fsp3) is 0.871. The summed E-state index contributed by atoms with van der Waals surface area (Å²) in [4.78, 5) is 23.8. The lowest BCUT2D eigenvalue weighted by atomic mass is 9.66. The molecule has 0 amide bonds. The minimum Gasteiger partial charge on any atom is -0.479 e. The molecule has 1 aliphatic carbocycles. The minimum absolute atomic E-state index is 0.0515. The quantitative estimate of drug-likeness (QED) is 0.106. The van der Waals surface area contributed by atoms with E-state index < -0.39 is 111 Å². The Morgan fingerprint density at radius 1 is 0.875 bits per heavy atom. The second-order valence-corrected chi connectivity index (χ2v) is 14.0. The molecule has 3 aliphatic heterocycles. The van der Waals surface area contributed by atoms with Gasteiger partial charge in [-0.1, -0.05) is 19.4 Å². The SMILES string of the molecule is CC1=CC(=O)CC(C)(C)[C@H]1CC[C@@H](C)O[C@@H]1O[C@H](CO[C@H]2O[C@@H](C)[C@H](O)[C@@H](O)[C@H]2O)[C@@H](O)[C@H](O)[C@H]1O[C@@H]1O[C@H](C(=O)O)[C@@H](O)[C@H](O)[C@H]1O. The molecule has 0 bridgehead atoms. The molecule has 0 aromatic carbocycles. The largest absolute Gasteiger partial charge is 0.479 e. The summed E-state index contributed by atoms with van der Waals surface area (Å²) in [5.41, 5.74) is 0.629. The van der Waals surface area contributed by atoms with Gasteiger partial charge in [-0.05, 0) is 51.0 Å². The van der Waals surface area contributed by atoms with Crippen LogP contribution in [-0.4, -0.2) is 163 Å². The molecule has 4 aliphatic rings. The Hall–Kier alpha value is -1.68. The summed E-state index contributed by atoms with van der Waals surface area (Å²) in [7, 11) is 0. The first-order valence-electron chi connectivity index (χ1n) is 16.1. The first-order valence-corrected chi connectivity index (χ1v) is 16.1. The van der Waals surface area contributed by atoms with Gasteiger partial charge in [0.15, 0.2) is 30.8 Å². The Labute approximate surface area is 277 Å². The van der Waals surface area contributed by atoms with Gasteiger partial charge in [0.05, 0.1) is 18.8 Å². The Morgan fingerprint density at radius 3 is 2.12 bits per heavy atom. The van der Waals surface area contributed by atoms with Crippen LogP contribution in [0.2, 0.25) is 0 Å². The van der Waals surface area contributed by atoms with Crippen LogP contribution < -0.4 is 0 Å². The molecule has 48 heavy (non-hydrogen) atoms. The van der Waals surface area contributed by atoms with E-state index in [9.17, 15) is 55.5 Å². The van der Waals surface area contributed by atoms with Crippen molar-refractivity contribution in [2.75, 3.05) is 6.61 Å². The van der Waals surface area contributed by atoms with Gasteiger partial charge in [0.2, 0.25) is 0 Å². The van der Waals surface area contributed by atoms with Crippen molar-refractivity contribution in [3.05, 3.63) is 11.6 Å². The summed E-state index contributed by atoms with van der Waals surface area (Å²) >= 11 is 0. The zero-order valence-electron chi connectivity index (χ0n) is 27.5. The molecule has 4 rings (SSSR count). The van der Waals surface area contributed by atoms with Crippen LogP contribution in [-0.2, 0) is 38.0 Å². The Kier molecular flexibility index (Phi) is 12.8. The minimum atomic E-state index is -2.00. The Morgan fingerprint density at radius 2 is 1.50 bits per heavy atom. The second-order valence-electron chi connectivity index (χ2n) is 14.0. The van der Waals surface area contributed by atoms with Crippen LogP contribution in [0.25, 0.3) is 0 Å². The monoisotopic (exact) mass is 694 g/mol. The van der Waals surface area contributed by atoms with Gasteiger partial charge in [-0.25, -0.2) is 4.79 Å². The zero-order valence-corrected chi connectivity index (χ0v) is 27.5. The molecular formula is C31H50O17. The number of hydrogen-bond donors (Lipinski definition) is 9. The number of ether oxygens (including phenoxy) is 6. The van der Waals surface area contributed by atoms with E-state index in [1.54, 1.807) is 13.0 Å². The van der Waals surface area contributed by atoms with E-state index in [4.69, 9.17) is 28.4 Å². The maximum Gasteiger partial charge on any atom is 0.335 e. The highest BCUT2D eigenvalue weighted by Crippen LogP contribution is 2.43. The molecule has 17 atom stereocenters. The number of carboxylic acids is 1. The molecule has 0 radical (unpaired) electrons. The van der Waals surface area contributed by atoms with Gasteiger partial charge in [0.25, 0.3) is 0 Å². The molecule has 0 spiro atoms. The number of carboxylic acid groups (broad SMARTS) is 1. The standard InChI is InChI=1S/C31H50O17/c1-11-8-14(32)9-31(4,5)15(11)7-6-12(2)44-30-26(48-29-24(40)20(36)22(38)25(47-29)27(41)42)21(37)18(34)16(46-30)10-43-28-23(39)19(35)17(33)13(3)45-28/h8,12-13,15-26,28-30,33-40H,6-7,9-10H2,1-5H3,(H,41,42)/t12-,13+,15+,16-,17+,18-,19-,20+,21+,22+,23-,24-,25+,26-,28+,29+,30-/m1/s1. The van der Waals surface area contributed by atoms with Gasteiger partial charge >= 0.3 is 5.97 Å². The van der Waals surface area contributed by atoms with Gasteiger partial charge in [0, 0.05) is 6.42 Å². The highest BCUT2D eigenvalue weighted by molar-refractivity contribution is 5.91. The summed E-state index contributed by atoms with van der Waals surface area (Å²) in [6.07, 6.45) is -22.5. The average Bonchev–Trinajstić information content (AvgIpc) is 2.99. The van der Waals surface area contributed by atoms with Gasteiger partial charge in [-0.2, -0.15) is 0 Å². The smallest absolute Gasteiger partial charge is 0.335 e. The van der Waals surface area contributed by atoms with E-state index in [0.717, 1.165) is 5.57 Å². The van der Waals surface area contributed by atoms with Crippen molar-refractivity contribution >= 4 is 11.8 Å². The van der Waals surface area contributed by atoms with Crippen molar-refractivity contribution in [3.8, 4) is 0 Å². The van der Waals surface area contributed by atoms with Crippen LogP contribution in [0.3, 0.4) is 0 Å². The number of rotatable bonds is 11. The molecule has 17 nitrogen and oxygen atoms in total. The molecule has 0 saturated carbocycles. The Bertz CT molecular complexity index is 1150. The van der Waals surface area contributed by atoms with Crippen LogP contribution >= 0.6 is 0 Å². The van der Waals surface area contributed by atoms with Crippen molar-refractivity contribution in [1.82, 2.24) is 0 Å². The number of carbonyl (C=O) groups is 2. The van der Waals surface area contributed by atoms with E-state index in [0.29, 0.717) is 19.3 Å². The molecule has 9 N–H and O–H groups in total. The number of carbonyl (C=O) groups excluding carboxylic acids is 1. The van der Waals surface area contributed by atoms with E-state index in [-0.39, 0.29) is 17.1 Å². The lowest BCUT2D eigenvalue weighted by molar-refractivity contribution is -0.372. The third kappa shape index (κ3) is 8.43. The van der Waals surface area contributed by atoms with Crippen molar-refractivity contribution in [2.45, 2.75) is 152 Å². The third-order valence-corrected chi connectivity index (χ3v) is 9.72. The van der Waals surface area contributed by atoms with Gasteiger partial charge in [0.1, 0.15) is 61.0 Å². The summed E-state index contributed by atoms with van der Waals surface area (Å²) in [6.45, 7) is 8.56. The van der Waals surface area contributed by atoms with Gasteiger partial charge < -0.3 is 74.4 Å². The summed E-state index contributed by atoms with van der Waals surface area (Å²) in [5.74, 6) is -1.55. The predicted octanol–water partition coefficient (Wildman–Crippen LogP) is -2.70. The maximum absolute atomic E-state index is 12.1. The van der Waals surface area contributed by atoms with Crippen molar-refractivity contribution in [2.24, 2.45) is 11.3 Å². The number of ketones is 1. The molecule has 276 valence electrons. The Balaban J connectivity index is 1.51. The molecule has 3 fully saturated rings. The summed E-state index contributed by atoms with van der Waals surface area (Å²) < 4.78 is 34.1. The molecule has 3 saturated heterocycles. The van der Waals surface area contributed by atoms with Crippen LogP contribution in [0.15, 0.2) is 11.6 Å². The number of aliphatic hydroxyl groups is 8. The first kappa shape index (κ1) is 39.1. The molecule has 0 aromatic heterocycles. The summed E-state index contributed by atoms with van der Waals surface area (Å²) in [5, 5.41) is 93.0. The first-order chi connectivity index (χ1) is 22.3. The van der Waals surface area contributed by atoms with Gasteiger partial charge in [-0.3, -0.25) is 4.79 Å². The predicted molar refractivity (Wildman–Crippen MR) is 159 cm³/mol. The topological polar surface area (TPSA) is 272 Å². The number of hydrogen-bond acceptors (Lipinski definition) is 16. The maximum atomic E-state index is 12.1. The fourth-order valence-corrected chi connectivity index (χ4v) is 6.87. The lowest BCUT2D eigenvalue weighted by Crippen LogP contribution is -2.65. The number of aliphatic hydroxyl groups excluding tert-OH is 8. The average molecular weight is 695 g/mol. The molecule has 3 heterocycles. The molecule has 0 unspecified atom stereocenters. The molecule has 0 aromatic rings. The van der Waals surface area contributed by atoms with Crippen LogP contribution in [0.4, 0.5) is 0 Å². The van der Waals surface area contributed by atoms with Crippen molar-refractivity contribution in [3.63, 3.8) is 0 Å². The highest BCUT2D eigenvalue weighted by atomic mass is 16.8.